The number of H-pyrrole nitrogens is 1. The predicted molar refractivity (Wildman–Crippen MR) is 264 cm³/mol. The monoisotopic (exact) mass is 1030 g/mol. The number of thiazole rings is 2. The number of nitrogens with two attached hydrogens (primary N) is 4. The number of nitrogens with zero attached hydrogens (tertiary/aromatic N) is 5. The number of amides is 7. The van der Waals surface area contributed by atoms with Crippen molar-refractivity contribution in [3.05, 3.63) is 56.8 Å². The summed E-state index contributed by atoms with van der Waals surface area (Å²) in [5.74, 6) is -5.07. The molecule has 0 fully saturated rings. The smallest absolute Gasteiger partial charge is 0.271 e. The van der Waals surface area contributed by atoms with Gasteiger partial charge in [-0.25, -0.2) is 24.9 Å². The first-order valence-corrected chi connectivity index (χ1v) is 26.0. The first-order valence-electron chi connectivity index (χ1n) is 22.0. The molecule has 0 spiro atoms. The quantitative estimate of drug-likeness (QED) is 0.0208. The third-order valence-electron chi connectivity index (χ3n) is 10.6. The van der Waals surface area contributed by atoms with Gasteiger partial charge in [-0.2, -0.15) is 0 Å². The summed E-state index contributed by atoms with van der Waals surface area (Å²) in [7, 11) is 0.304. The van der Waals surface area contributed by atoms with Gasteiger partial charge in [-0.15, -0.1) is 22.7 Å². The van der Waals surface area contributed by atoms with Crippen LogP contribution in [-0.4, -0.2) is 150 Å². The largest absolute Gasteiger partial charge is 0.391 e. The molecule has 17 N–H and O–H groups in total. The number of aromatic amines is 1. The second-order valence-corrected chi connectivity index (χ2v) is 20.9. The molecule has 0 unspecified atom stereocenters. The molecule has 0 saturated heterocycles. The summed E-state index contributed by atoms with van der Waals surface area (Å²) < 4.78 is 0. The Bertz CT molecular complexity index is 2430. The highest BCUT2D eigenvalue weighted by molar-refractivity contribution is 7.95. The molecule has 0 aromatic carbocycles. The van der Waals surface area contributed by atoms with E-state index in [1.807, 2.05) is 5.38 Å². The second kappa shape index (κ2) is 26.7. The van der Waals surface area contributed by atoms with Crippen molar-refractivity contribution in [2.75, 3.05) is 43.6 Å². The Labute approximate surface area is 414 Å². The van der Waals surface area contributed by atoms with Gasteiger partial charge in [0.15, 0.2) is 0 Å². The summed E-state index contributed by atoms with van der Waals surface area (Å²) in [5, 5.41) is 42.8. The topological polar surface area (TPSA) is 416 Å². The maximum absolute atomic E-state index is 13.9. The molecular formula is C42H63N16O9S3+. The predicted octanol–water partition coefficient (Wildman–Crippen LogP) is -2.43. The Morgan fingerprint density at radius 1 is 0.857 bits per heavy atom. The lowest BCUT2D eigenvalue weighted by atomic mass is 9.99. The zero-order valence-corrected chi connectivity index (χ0v) is 42.1. The maximum Gasteiger partial charge on any atom is 0.271 e. The minimum atomic E-state index is -1.69. The zero-order chi connectivity index (χ0) is 51.8. The van der Waals surface area contributed by atoms with Gasteiger partial charge in [0, 0.05) is 67.2 Å². The molecule has 0 bridgehead atoms. The minimum absolute atomic E-state index is 0.0152. The van der Waals surface area contributed by atoms with Crippen molar-refractivity contribution in [3.8, 4) is 10.7 Å². The summed E-state index contributed by atoms with van der Waals surface area (Å²) in [5.41, 5.74) is 23.3. The number of carbonyl (C=O) groups is 7. The van der Waals surface area contributed by atoms with Crippen LogP contribution in [0.1, 0.15) is 95.2 Å². The molecule has 0 saturated carbocycles. The maximum atomic E-state index is 13.9. The standard InChI is InChI=1S/C42H62N16O9S3/c1-19(37(63)56-31(22(4)59)39(65)49-10-8-29-53-27(17-68-29)42-54-26(16-69-42)38(64)48-9-7-11-70(5)6)12-20(2)52-41(67)32(33(61)25-15-47-18-51-25)57-40(66)30-21(3)34(45)58-36(55-30)24(13-28(44)60)50-14-23(43)35(46)62/h15-20,22-24,31-33,50,59,61H,7-14,43H2,1-6H3,(H11-,44,45,46,47,48,49,51,52,55,56,57,58,60,62,63,64,65,66,67)/p+1/t19-,20+,22+,23-,24-,31-,32-,33-/m0/s1. The lowest BCUT2D eigenvalue weighted by Gasteiger charge is -2.27. The molecule has 8 atom stereocenters. The average molecular weight is 1030 g/mol. The molecule has 0 radical (unpaired) electrons. The molecule has 25 nitrogen and oxygen atoms in total. The molecule has 28 heteroatoms. The first kappa shape index (κ1) is 56.4. The highest BCUT2D eigenvalue weighted by Crippen LogP contribution is 2.26. The van der Waals surface area contributed by atoms with Crippen LogP contribution >= 0.6 is 22.7 Å². The number of carbonyl (C=O) groups excluding carboxylic acids is 7. The molecule has 382 valence electrons. The molecule has 0 aliphatic rings. The fourth-order valence-electron chi connectivity index (χ4n) is 6.67. The van der Waals surface area contributed by atoms with Crippen LogP contribution in [0.25, 0.3) is 10.7 Å². The Hall–Kier alpha value is -6.17. The minimum Gasteiger partial charge on any atom is -0.391 e. The van der Waals surface area contributed by atoms with Crippen LogP contribution in [0.3, 0.4) is 0 Å². The summed E-state index contributed by atoms with van der Waals surface area (Å²) in [6, 6.07) is -5.99. The van der Waals surface area contributed by atoms with Crippen LogP contribution in [0.15, 0.2) is 23.3 Å². The number of nitrogen functional groups attached to an aromatic ring is 1. The Balaban J connectivity index is 1.35. The molecule has 4 heterocycles. The van der Waals surface area contributed by atoms with Crippen molar-refractivity contribution in [3.63, 3.8) is 0 Å². The number of aliphatic hydroxyl groups excluding tert-OH is 2. The van der Waals surface area contributed by atoms with E-state index in [2.05, 4.69) is 74.3 Å². The molecular weight excluding hydrogens is 969 g/mol. The summed E-state index contributed by atoms with van der Waals surface area (Å²) in [4.78, 5) is 115. The fraction of sp³-hybridized carbons (Fsp3) is 0.524. The molecule has 0 aliphatic heterocycles. The highest BCUT2D eigenvalue weighted by atomic mass is 32.2. The fourth-order valence-corrected chi connectivity index (χ4v) is 9.00. The molecule has 4 aromatic rings. The number of aliphatic hydroxyl groups is 2. The molecule has 0 aliphatic carbocycles. The van der Waals surface area contributed by atoms with Gasteiger partial charge in [-0.05, 0) is 38.1 Å². The van der Waals surface area contributed by atoms with Crippen molar-refractivity contribution in [2.24, 2.45) is 23.1 Å². The Morgan fingerprint density at radius 3 is 2.23 bits per heavy atom. The first-order chi connectivity index (χ1) is 33.1. The van der Waals surface area contributed by atoms with Crippen LogP contribution in [0.4, 0.5) is 5.82 Å². The van der Waals surface area contributed by atoms with Crippen molar-refractivity contribution < 1.29 is 43.8 Å². The van der Waals surface area contributed by atoms with Crippen molar-refractivity contribution >= 4 is 80.7 Å². The third-order valence-corrected chi connectivity index (χ3v) is 13.5. The van der Waals surface area contributed by atoms with Crippen LogP contribution < -0.4 is 54.8 Å². The summed E-state index contributed by atoms with van der Waals surface area (Å²) in [6.45, 7) is 6.44. The number of hydrogen-bond acceptors (Lipinski definition) is 19. The Kier molecular flexibility index (Phi) is 21.5. The van der Waals surface area contributed by atoms with E-state index in [0.717, 1.165) is 12.2 Å². The van der Waals surface area contributed by atoms with Crippen molar-refractivity contribution in [2.45, 2.75) is 95.8 Å². The van der Waals surface area contributed by atoms with Gasteiger partial charge in [-0.3, -0.25) is 33.6 Å². The van der Waals surface area contributed by atoms with Crippen LogP contribution in [0, 0.1) is 12.8 Å². The van der Waals surface area contributed by atoms with Gasteiger partial charge < -0.3 is 70.0 Å². The van der Waals surface area contributed by atoms with E-state index in [0.29, 0.717) is 45.3 Å². The molecule has 4 aromatic heterocycles. The van der Waals surface area contributed by atoms with E-state index in [1.165, 1.54) is 49.0 Å². The van der Waals surface area contributed by atoms with E-state index < -0.39 is 90.2 Å². The number of hydrogen-bond donors (Lipinski definition) is 13. The lowest BCUT2D eigenvalue weighted by molar-refractivity contribution is -0.133. The van der Waals surface area contributed by atoms with Gasteiger partial charge in [0.05, 0.1) is 53.9 Å². The van der Waals surface area contributed by atoms with Crippen LogP contribution in [0.5, 0.6) is 0 Å². The van der Waals surface area contributed by atoms with Crippen LogP contribution in [0.2, 0.25) is 0 Å². The number of anilines is 1. The van der Waals surface area contributed by atoms with Gasteiger partial charge in [0.25, 0.3) is 11.8 Å². The normalized spacial score (nSPS) is 14.8. The van der Waals surface area contributed by atoms with E-state index in [-0.39, 0.29) is 54.0 Å². The summed E-state index contributed by atoms with van der Waals surface area (Å²) >= 11 is 2.66. The van der Waals surface area contributed by atoms with Gasteiger partial charge >= 0.3 is 0 Å². The van der Waals surface area contributed by atoms with Crippen molar-refractivity contribution in [1.29, 1.82) is 0 Å². The SMILES string of the molecule is Cc1c(N)nc([C@H](CC(N)=O)NC[C@H](N)C(N)=O)nc1C(=O)N[C@H](C(=O)N[C@H](C)C[C@H](C)C(=O)N[C@H](C(=O)NCCc1nc(-c2nc(C(=O)NCCC[S+](C)C)cs2)cs1)[C@@H](C)O)[C@@H](O)c1cnc[nH]1. The average Bonchev–Trinajstić information content (AvgIpc) is 4.11. The van der Waals surface area contributed by atoms with Gasteiger partial charge in [0.2, 0.25) is 29.5 Å². The zero-order valence-electron chi connectivity index (χ0n) is 39.6. The van der Waals surface area contributed by atoms with E-state index >= 15 is 0 Å². The van der Waals surface area contributed by atoms with Crippen LogP contribution in [-0.2, 0) is 41.3 Å². The van der Waals surface area contributed by atoms with Gasteiger partial charge in [0.1, 0.15) is 57.7 Å². The number of nitrogens with one attached hydrogen (secondary N) is 7. The molecule has 4 rings (SSSR count). The molecule has 7 amide bonds. The van der Waals surface area contributed by atoms with E-state index in [4.69, 9.17) is 22.9 Å². The second-order valence-electron chi connectivity index (χ2n) is 16.8. The lowest BCUT2D eigenvalue weighted by Crippen LogP contribution is -2.54. The number of rotatable bonds is 28. The Morgan fingerprint density at radius 2 is 1.59 bits per heavy atom. The van der Waals surface area contributed by atoms with E-state index in [1.54, 1.807) is 19.2 Å². The van der Waals surface area contributed by atoms with E-state index in [9.17, 15) is 43.8 Å². The van der Waals surface area contributed by atoms with Gasteiger partial charge in [-0.1, -0.05) is 6.92 Å². The third kappa shape index (κ3) is 16.8. The number of imidazole rings is 1. The highest BCUT2D eigenvalue weighted by Gasteiger charge is 2.35. The summed E-state index contributed by atoms with van der Waals surface area (Å²) in [6.07, 6.45) is 4.70. The van der Waals surface area contributed by atoms with Crippen molar-refractivity contribution in [1.82, 2.24) is 61.8 Å². The number of aromatic nitrogens is 6. The number of primary amides is 2. The molecule has 70 heavy (non-hydrogen) atoms.